The van der Waals surface area contributed by atoms with E-state index in [1.807, 2.05) is 31.2 Å². The zero-order valence-corrected chi connectivity index (χ0v) is 18.4. The SMILES string of the molecule is C/C(=N\NC(=O)C(=O)Nc1cccc(C(F)(F)F)c1)c1ccc(OCc2ccc(C)cc2)cc1. The monoisotopic (exact) mass is 469 g/mol. The van der Waals surface area contributed by atoms with Crippen molar-refractivity contribution in [3.05, 3.63) is 95.1 Å². The highest BCUT2D eigenvalue weighted by atomic mass is 19.4. The van der Waals surface area contributed by atoms with Gasteiger partial charge in [-0.25, -0.2) is 5.43 Å². The number of hydrogen-bond acceptors (Lipinski definition) is 4. The highest BCUT2D eigenvalue weighted by Crippen LogP contribution is 2.30. The van der Waals surface area contributed by atoms with Gasteiger partial charge in [0.2, 0.25) is 0 Å². The van der Waals surface area contributed by atoms with Crippen LogP contribution < -0.4 is 15.5 Å². The number of anilines is 1. The van der Waals surface area contributed by atoms with Crippen LogP contribution in [0.2, 0.25) is 0 Å². The standard InChI is InChI=1S/C25H22F3N3O3/c1-16-6-8-18(9-7-16)15-34-22-12-10-19(11-13-22)17(2)30-31-24(33)23(32)29-21-5-3-4-20(14-21)25(26,27)28/h3-14H,15H2,1-2H3,(H,29,32)(H,31,33)/b30-17+. The maximum Gasteiger partial charge on any atom is 0.416 e. The molecule has 0 aliphatic carbocycles. The zero-order valence-electron chi connectivity index (χ0n) is 18.4. The molecule has 0 aliphatic rings. The van der Waals surface area contributed by atoms with Crippen LogP contribution in [0, 0.1) is 6.92 Å². The molecule has 3 aromatic carbocycles. The summed E-state index contributed by atoms with van der Waals surface area (Å²) >= 11 is 0. The Kier molecular flexibility index (Phi) is 7.68. The smallest absolute Gasteiger partial charge is 0.416 e. The predicted octanol–water partition coefficient (Wildman–Crippen LogP) is 5.07. The van der Waals surface area contributed by atoms with Crippen LogP contribution in [-0.4, -0.2) is 17.5 Å². The Hall–Kier alpha value is -4.14. The van der Waals surface area contributed by atoms with Gasteiger partial charge in [-0.15, -0.1) is 0 Å². The minimum atomic E-state index is -4.56. The van der Waals surface area contributed by atoms with Crippen molar-refractivity contribution in [1.29, 1.82) is 0 Å². The molecule has 0 unspecified atom stereocenters. The molecule has 0 saturated heterocycles. The number of aryl methyl sites for hydroxylation is 1. The fourth-order valence-electron chi connectivity index (χ4n) is 2.85. The van der Waals surface area contributed by atoms with E-state index in [-0.39, 0.29) is 5.69 Å². The van der Waals surface area contributed by atoms with Gasteiger partial charge in [0.15, 0.2) is 0 Å². The number of amides is 2. The van der Waals surface area contributed by atoms with Crippen LogP contribution in [0.3, 0.4) is 0 Å². The van der Waals surface area contributed by atoms with E-state index in [4.69, 9.17) is 4.74 Å². The van der Waals surface area contributed by atoms with Gasteiger partial charge in [0.25, 0.3) is 0 Å². The quantitative estimate of drug-likeness (QED) is 0.301. The molecule has 0 aliphatic heterocycles. The van der Waals surface area contributed by atoms with E-state index in [9.17, 15) is 22.8 Å². The number of nitrogens with zero attached hydrogens (tertiary/aromatic N) is 1. The Bertz CT molecular complexity index is 1190. The molecule has 0 fully saturated rings. The number of hydrogen-bond donors (Lipinski definition) is 2. The second-order valence-electron chi connectivity index (χ2n) is 7.47. The summed E-state index contributed by atoms with van der Waals surface area (Å²) in [6.07, 6.45) is -4.56. The van der Waals surface area contributed by atoms with Gasteiger partial charge >= 0.3 is 18.0 Å². The van der Waals surface area contributed by atoms with E-state index in [2.05, 4.69) is 15.8 Å². The van der Waals surface area contributed by atoms with E-state index in [1.165, 1.54) is 11.6 Å². The van der Waals surface area contributed by atoms with Gasteiger partial charge in [-0.1, -0.05) is 35.9 Å². The molecular weight excluding hydrogens is 447 g/mol. The Morgan fingerprint density at radius 2 is 1.62 bits per heavy atom. The summed E-state index contributed by atoms with van der Waals surface area (Å²) < 4.78 is 44.1. The third kappa shape index (κ3) is 6.93. The third-order valence-corrected chi connectivity index (χ3v) is 4.78. The molecule has 0 bridgehead atoms. The molecule has 0 aromatic heterocycles. The van der Waals surface area contributed by atoms with Crippen LogP contribution in [0.1, 0.15) is 29.2 Å². The van der Waals surface area contributed by atoms with Gasteiger partial charge in [0.1, 0.15) is 12.4 Å². The van der Waals surface area contributed by atoms with Gasteiger partial charge in [0.05, 0.1) is 11.3 Å². The highest BCUT2D eigenvalue weighted by molar-refractivity contribution is 6.39. The van der Waals surface area contributed by atoms with Crippen molar-refractivity contribution < 1.29 is 27.5 Å². The summed E-state index contributed by atoms with van der Waals surface area (Å²) in [7, 11) is 0. The van der Waals surface area contributed by atoms with Gasteiger partial charge in [-0.2, -0.15) is 18.3 Å². The van der Waals surface area contributed by atoms with E-state index in [0.717, 1.165) is 23.8 Å². The summed E-state index contributed by atoms with van der Waals surface area (Å²) in [6, 6.07) is 19.0. The summed E-state index contributed by atoms with van der Waals surface area (Å²) in [5, 5.41) is 6.00. The van der Waals surface area contributed by atoms with Crippen molar-refractivity contribution in [3.8, 4) is 5.75 Å². The van der Waals surface area contributed by atoms with Crippen molar-refractivity contribution in [3.63, 3.8) is 0 Å². The molecule has 9 heteroatoms. The van der Waals surface area contributed by atoms with Crippen molar-refractivity contribution >= 4 is 23.2 Å². The number of hydrazone groups is 1. The number of alkyl halides is 3. The number of benzene rings is 3. The first-order chi connectivity index (χ1) is 16.1. The predicted molar refractivity (Wildman–Crippen MR) is 122 cm³/mol. The molecule has 0 radical (unpaired) electrons. The molecule has 6 nitrogen and oxygen atoms in total. The van der Waals surface area contributed by atoms with Crippen molar-refractivity contribution in [2.45, 2.75) is 26.6 Å². The minimum absolute atomic E-state index is 0.156. The maximum atomic E-state index is 12.8. The van der Waals surface area contributed by atoms with Crippen LogP contribution >= 0.6 is 0 Å². The third-order valence-electron chi connectivity index (χ3n) is 4.78. The normalized spacial score (nSPS) is 11.6. The molecule has 3 rings (SSSR count). The number of carbonyl (C=O) groups excluding carboxylic acids is 2. The van der Waals surface area contributed by atoms with Crippen LogP contribution in [0.4, 0.5) is 18.9 Å². The average molecular weight is 469 g/mol. The van der Waals surface area contributed by atoms with Crippen LogP contribution in [0.5, 0.6) is 5.75 Å². The first-order valence-electron chi connectivity index (χ1n) is 10.2. The molecule has 0 heterocycles. The van der Waals surface area contributed by atoms with Gasteiger partial charge in [-0.3, -0.25) is 9.59 Å². The van der Waals surface area contributed by atoms with Crippen molar-refractivity contribution in [1.82, 2.24) is 5.43 Å². The van der Waals surface area contributed by atoms with Gasteiger partial charge in [-0.05, 0) is 67.4 Å². The Balaban J connectivity index is 1.54. The second kappa shape index (κ2) is 10.7. The number of nitrogens with one attached hydrogen (secondary N) is 2. The van der Waals surface area contributed by atoms with Crippen molar-refractivity contribution in [2.24, 2.45) is 5.10 Å². The summed E-state index contributed by atoms with van der Waals surface area (Å²) in [4.78, 5) is 24.0. The lowest BCUT2D eigenvalue weighted by atomic mass is 10.1. The minimum Gasteiger partial charge on any atom is -0.489 e. The Morgan fingerprint density at radius 1 is 0.941 bits per heavy atom. The van der Waals surface area contributed by atoms with E-state index >= 15 is 0 Å². The topological polar surface area (TPSA) is 79.8 Å². The molecule has 34 heavy (non-hydrogen) atoms. The lowest BCUT2D eigenvalue weighted by Gasteiger charge is -2.09. The van der Waals surface area contributed by atoms with Gasteiger partial charge in [0, 0.05) is 5.69 Å². The van der Waals surface area contributed by atoms with Crippen molar-refractivity contribution in [2.75, 3.05) is 5.32 Å². The first kappa shape index (κ1) is 24.5. The number of ether oxygens (including phenoxy) is 1. The first-order valence-corrected chi connectivity index (χ1v) is 10.2. The Labute approximate surface area is 194 Å². The molecule has 3 aromatic rings. The van der Waals surface area contributed by atoms with Crippen LogP contribution in [-0.2, 0) is 22.4 Å². The summed E-state index contributed by atoms with van der Waals surface area (Å²) in [6.45, 7) is 4.06. The van der Waals surface area contributed by atoms with E-state index in [1.54, 1.807) is 31.2 Å². The Morgan fingerprint density at radius 3 is 2.26 bits per heavy atom. The van der Waals surface area contributed by atoms with Crippen LogP contribution in [0.15, 0.2) is 77.9 Å². The summed E-state index contributed by atoms with van der Waals surface area (Å²) in [5.41, 5.74) is 4.31. The molecule has 0 spiro atoms. The molecular formula is C25H22F3N3O3. The largest absolute Gasteiger partial charge is 0.489 e. The van der Waals surface area contributed by atoms with E-state index in [0.29, 0.717) is 23.6 Å². The van der Waals surface area contributed by atoms with Crippen LogP contribution in [0.25, 0.3) is 0 Å². The highest BCUT2D eigenvalue weighted by Gasteiger charge is 2.30. The lowest BCUT2D eigenvalue weighted by Crippen LogP contribution is -2.33. The molecule has 176 valence electrons. The summed E-state index contributed by atoms with van der Waals surface area (Å²) in [5.74, 6) is -1.60. The maximum absolute atomic E-state index is 12.8. The second-order valence-corrected chi connectivity index (χ2v) is 7.47. The lowest BCUT2D eigenvalue weighted by molar-refractivity contribution is -0.137. The molecule has 2 N–H and O–H groups in total. The fraction of sp³-hybridized carbons (Fsp3) is 0.160. The van der Waals surface area contributed by atoms with Gasteiger partial charge < -0.3 is 10.1 Å². The number of halogens is 3. The number of carbonyl (C=O) groups is 2. The molecule has 2 amide bonds. The van der Waals surface area contributed by atoms with E-state index < -0.39 is 23.6 Å². The average Bonchev–Trinajstić information content (AvgIpc) is 2.82. The zero-order chi connectivity index (χ0) is 24.7. The number of rotatable bonds is 6. The fourth-order valence-corrected chi connectivity index (χ4v) is 2.85. The molecule has 0 atom stereocenters. The molecule has 0 saturated carbocycles.